The van der Waals surface area contributed by atoms with Gasteiger partial charge in [-0.25, -0.2) is 4.98 Å². The second-order valence-electron chi connectivity index (χ2n) is 7.93. The van der Waals surface area contributed by atoms with E-state index in [2.05, 4.69) is 46.8 Å². The highest BCUT2D eigenvalue weighted by Gasteiger charge is 2.28. The number of hydrogen-bond acceptors (Lipinski definition) is 4. The van der Waals surface area contributed by atoms with E-state index in [1.165, 1.54) is 5.52 Å². The Hall–Kier alpha value is -2.76. The summed E-state index contributed by atoms with van der Waals surface area (Å²) in [5.74, 6) is 2.26. The molecule has 6 heteroatoms. The number of furan rings is 1. The number of anilines is 1. The van der Waals surface area contributed by atoms with Crippen molar-refractivity contribution in [3.63, 3.8) is 0 Å². The third-order valence-corrected chi connectivity index (χ3v) is 5.89. The van der Waals surface area contributed by atoms with Gasteiger partial charge in [-0.05, 0) is 57.4 Å². The van der Waals surface area contributed by atoms with Crippen molar-refractivity contribution >= 4 is 22.9 Å². The second kappa shape index (κ2) is 8.72. The number of para-hydroxylation sites is 2. The highest BCUT2D eigenvalue weighted by Crippen LogP contribution is 2.27. The highest BCUT2D eigenvalue weighted by atomic mass is 16.3. The van der Waals surface area contributed by atoms with Crippen LogP contribution in [0, 0.1) is 5.92 Å². The predicted molar refractivity (Wildman–Crippen MR) is 115 cm³/mol. The summed E-state index contributed by atoms with van der Waals surface area (Å²) in [6.45, 7) is 6.84. The van der Waals surface area contributed by atoms with Crippen molar-refractivity contribution in [1.82, 2.24) is 14.9 Å². The number of hydrogen-bond donors (Lipinski definition) is 1. The van der Waals surface area contributed by atoms with Gasteiger partial charge in [0.25, 0.3) is 0 Å². The molecule has 1 aliphatic rings. The van der Waals surface area contributed by atoms with Crippen LogP contribution in [-0.2, 0) is 17.8 Å². The molecule has 1 unspecified atom stereocenters. The molecule has 0 aliphatic carbocycles. The number of aromatic nitrogens is 2. The van der Waals surface area contributed by atoms with Crippen LogP contribution in [0.1, 0.15) is 38.9 Å². The SMILES string of the molecule is CCn1c(N2CCC(C(=O)NC(C)CCc3ccco3)CC2)nc2ccccc21. The number of piperidine rings is 1. The maximum absolute atomic E-state index is 12.7. The summed E-state index contributed by atoms with van der Waals surface area (Å²) < 4.78 is 7.64. The zero-order chi connectivity index (χ0) is 20.2. The molecule has 1 fully saturated rings. The van der Waals surface area contributed by atoms with Gasteiger partial charge in [0.15, 0.2) is 0 Å². The lowest BCUT2D eigenvalue weighted by molar-refractivity contribution is -0.126. The number of nitrogens with one attached hydrogen (secondary N) is 1. The molecule has 1 aliphatic heterocycles. The number of rotatable bonds is 7. The maximum atomic E-state index is 12.7. The molecular formula is C23H30N4O2. The Bertz CT molecular complexity index is 939. The minimum atomic E-state index is 0.0803. The molecule has 2 aromatic heterocycles. The van der Waals surface area contributed by atoms with Crippen LogP contribution in [-0.4, -0.2) is 34.6 Å². The first kappa shape index (κ1) is 19.6. The van der Waals surface area contributed by atoms with Crippen molar-refractivity contribution in [3.8, 4) is 0 Å². The van der Waals surface area contributed by atoms with Crippen LogP contribution in [0.25, 0.3) is 11.0 Å². The number of imidazole rings is 1. The van der Waals surface area contributed by atoms with E-state index >= 15 is 0 Å². The van der Waals surface area contributed by atoms with Gasteiger partial charge in [0.1, 0.15) is 5.76 Å². The molecule has 1 amide bonds. The molecule has 1 atom stereocenters. The fraction of sp³-hybridized carbons (Fsp3) is 0.478. The van der Waals surface area contributed by atoms with E-state index in [0.717, 1.165) is 62.5 Å². The van der Waals surface area contributed by atoms with Gasteiger partial charge in [0, 0.05) is 38.0 Å². The zero-order valence-corrected chi connectivity index (χ0v) is 17.3. The van der Waals surface area contributed by atoms with Gasteiger partial charge in [-0.2, -0.15) is 0 Å². The van der Waals surface area contributed by atoms with Crippen LogP contribution in [0.3, 0.4) is 0 Å². The number of nitrogens with zero attached hydrogens (tertiary/aromatic N) is 3. The Morgan fingerprint density at radius 2 is 2.03 bits per heavy atom. The van der Waals surface area contributed by atoms with Crippen molar-refractivity contribution in [2.45, 2.75) is 52.1 Å². The van der Waals surface area contributed by atoms with E-state index in [9.17, 15) is 4.79 Å². The van der Waals surface area contributed by atoms with E-state index < -0.39 is 0 Å². The van der Waals surface area contributed by atoms with E-state index in [1.54, 1.807) is 6.26 Å². The van der Waals surface area contributed by atoms with Crippen molar-refractivity contribution in [3.05, 3.63) is 48.4 Å². The molecule has 6 nitrogen and oxygen atoms in total. The molecule has 3 aromatic rings. The topological polar surface area (TPSA) is 63.3 Å². The Morgan fingerprint density at radius 3 is 2.76 bits per heavy atom. The van der Waals surface area contributed by atoms with Crippen LogP contribution in [0.15, 0.2) is 47.1 Å². The van der Waals surface area contributed by atoms with Gasteiger partial charge in [-0.15, -0.1) is 0 Å². The molecule has 154 valence electrons. The molecular weight excluding hydrogens is 364 g/mol. The second-order valence-corrected chi connectivity index (χ2v) is 7.93. The van der Waals surface area contributed by atoms with Crippen LogP contribution >= 0.6 is 0 Å². The number of carbonyl (C=O) groups is 1. The van der Waals surface area contributed by atoms with E-state index in [4.69, 9.17) is 9.40 Å². The monoisotopic (exact) mass is 394 g/mol. The fourth-order valence-electron chi connectivity index (χ4n) is 4.20. The number of fused-ring (bicyclic) bond motifs is 1. The lowest BCUT2D eigenvalue weighted by atomic mass is 9.95. The molecule has 29 heavy (non-hydrogen) atoms. The number of benzene rings is 1. The quantitative estimate of drug-likeness (QED) is 0.658. The fourth-order valence-corrected chi connectivity index (χ4v) is 4.20. The van der Waals surface area contributed by atoms with Gasteiger partial charge in [-0.3, -0.25) is 4.79 Å². The first-order valence-electron chi connectivity index (χ1n) is 10.7. The molecule has 0 spiro atoms. The Balaban J connectivity index is 1.31. The molecule has 3 heterocycles. The number of carbonyl (C=O) groups excluding carboxylic acids is 1. The van der Waals surface area contributed by atoms with Crippen LogP contribution in [0.2, 0.25) is 0 Å². The zero-order valence-electron chi connectivity index (χ0n) is 17.3. The standard InChI is InChI=1S/C23H30N4O2/c1-3-27-21-9-5-4-8-20(21)25-23(27)26-14-12-18(13-15-26)22(28)24-17(2)10-11-19-7-6-16-29-19/h4-9,16-18H,3,10-15H2,1-2H3,(H,24,28). The molecule has 1 saturated heterocycles. The molecule has 4 rings (SSSR count). The summed E-state index contributed by atoms with van der Waals surface area (Å²) in [4.78, 5) is 19.9. The van der Waals surface area contributed by atoms with Gasteiger partial charge in [-0.1, -0.05) is 12.1 Å². The minimum Gasteiger partial charge on any atom is -0.469 e. The van der Waals surface area contributed by atoms with E-state index in [-0.39, 0.29) is 17.9 Å². The number of amides is 1. The molecule has 0 bridgehead atoms. The van der Waals surface area contributed by atoms with E-state index in [1.807, 2.05) is 18.2 Å². The molecule has 1 aromatic carbocycles. The molecule has 0 saturated carbocycles. The summed E-state index contributed by atoms with van der Waals surface area (Å²) in [5.41, 5.74) is 2.21. The van der Waals surface area contributed by atoms with Gasteiger partial charge in [0.2, 0.25) is 11.9 Å². The lowest BCUT2D eigenvalue weighted by Gasteiger charge is -2.32. The third-order valence-electron chi connectivity index (χ3n) is 5.89. The van der Waals surface area contributed by atoms with Crippen molar-refractivity contribution < 1.29 is 9.21 Å². The normalized spacial score (nSPS) is 16.3. The summed E-state index contributed by atoms with van der Waals surface area (Å²) >= 11 is 0. The van der Waals surface area contributed by atoms with Crippen LogP contribution < -0.4 is 10.2 Å². The highest BCUT2D eigenvalue weighted by molar-refractivity contribution is 5.80. The molecule has 1 N–H and O–H groups in total. The van der Waals surface area contributed by atoms with Gasteiger partial charge in [0.05, 0.1) is 17.3 Å². The van der Waals surface area contributed by atoms with Gasteiger partial charge >= 0.3 is 0 Å². The largest absolute Gasteiger partial charge is 0.469 e. The van der Waals surface area contributed by atoms with Crippen molar-refractivity contribution in [2.75, 3.05) is 18.0 Å². The summed E-state index contributed by atoms with van der Waals surface area (Å²) in [6.07, 6.45) is 5.16. The van der Waals surface area contributed by atoms with E-state index in [0.29, 0.717) is 0 Å². The summed E-state index contributed by atoms with van der Waals surface area (Å²) in [7, 11) is 0. The smallest absolute Gasteiger partial charge is 0.223 e. The van der Waals surface area contributed by atoms with Crippen LogP contribution in [0.4, 0.5) is 5.95 Å². The van der Waals surface area contributed by atoms with Crippen molar-refractivity contribution in [1.29, 1.82) is 0 Å². The molecule has 0 radical (unpaired) electrons. The van der Waals surface area contributed by atoms with Gasteiger partial charge < -0.3 is 19.2 Å². The predicted octanol–water partition coefficient (Wildman–Crippen LogP) is 4.00. The average Bonchev–Trinajstić information content (AvgIpc) is 3.39. The Morgan fingerprint density at radius 1 is 1.24 bits per heavy atom. The van der Waals surface area contributed by atoms with Crippen molar-refractivity contribution in [2.24, 2.45) is 5.92 Å². The third kappa shape index (κ3) is 4.31. The number of aryl methyl sites for hydroxylation is 2. The average molecular weight is 395 g/mol. The Labute approximate surface area is 171 Å². The minimum absolute atomic E-state index is 0.0803. The summed E-state index contributed by atoms with van der Waals surface area (Å²) in [5, 5.41) is 3.19. The summed E-state index contributed by atoms with van der Waals surface area (Å²) in [6, 6.07) is 12.3. The first-order valence-corrected chi connectivity index (χ1v) is 10.7. The first-order chi connectivity index (χ1) is 14.2. The lowest BCUT2D eigenvalue weighted by Crippen LogP contribution is -2.43. The van der Waals surface area contributed by atoms with Crippen LogP contribution in [0.5, 0.6) is 0 Å². The maximum Gasteiger partial charge on any atom is 0.223 e. The Kier molecular flexibility index (Phi) is 5.88.